The molecule has 0 aromatic heterocycles. The SMILES string of the molecule is CC(C)COc1ccc(NC(=O)C2(c3ccc(Cl)cc3Cl)CCCC2)c(C#N)c1. The number of benzene rings is 2. The second-order valence-electron chi connectivity index (χ2n) is 7.89. The summed E-state index contributed by atoms with van der Waals surface area (Å²) in [4.78, 5) is 13.4. The molecule has 29 heavy (non-hydrogen) atoms. The molecule has 2 aromatic carbocycles. The maximum Gasteiger partial charge on any atom is 0.235 e. The smallest absolute Gasteiger partial charge is 0.235 e. The van der Waals surface area contributed by atoms with E-state index < -0.39 is 5.41 Å². The maximum absolute atomic E-state index is 13.4. The Kier molecular flexibility index (Phi) is 6.72. The van der Waals surface area contributed by atoms with Crippen molar-refractivity contribution in [2.75, 3.05) is 11.9 Å². The Hall–Kier alpha value is -2.22. The highest BCUT2D eigenvalue weighted by Crippen LogP contribution is 2.45. The molecule has 0 radical (unpaired) electrons. The fourth-order valence-corrected chi connectivity index (χ4v) is 4.38. The van der Waals surface area contributed by atoms with Gasteiger partial charge in [-0.1, -0.05) is 56.0 Å². The van der Waals surface area contributed by atoms with E-state index in [1.165, 1.54) is 0 Å². The van der Waals surface area contributed by atoms with Crippen molar-refractivity contribution in [3.05, 3.63) is 57.6 Å². The minimum atomic E-state index is -0.721. The van der Waals surface area contributed by atoms with Crippen LogP contribution in [-0.2, 0) is 10.2 Å². The Labute approximate surface area is 181 Å². The van der Waals surface area contributed by atoms with Crippen LogP contribution in [0.25, 0.3) is 0 Å². The van der Waals surface area contributed by atoms with Gasteiger partial charge in [-0.25, -0.2) is 0 Å². The molecule has 1 aliphatic carbocycles. The topological polar surface area (TPSA) is 62.1 Å². The van der Waals surface area contributed by atoms with Gasteiger partial charge < -0.3 is 10.1 Å². The van der Waals surface area contributed by atoms with Gasteiger partial charge in [-0.15, -0.1) is 0 Å². The van der Waals surface area contributed by atoms with E-state index in [9.17, 15) is 10.1 Å². The predicted octanol–water partition coefficient (Wildman–Crippen LogP) is 6.35. The summed E-state index contributed by atoms with van der Waals surface area (Å²) in [5.41, 5.74) is 0.913. The van der Waals surface area contributed by atoms with E-state index in [4.69, 9.17) is 27.9 Å². The van der Waals surface area contributed by atoms with Crippen molar-refractivity contribution >= 4 is 34.8 Å². The van der Waals surface area contributed by atoms with Crippen molar-refractivity contribution in [2.45, 2.75) is 44.9 Å². The first kappa shape index (κ1) is 21.5. The van der Waals surface area contributed by atoms with Gasteiger partial charge in [-0.2, -0.15) is 5.26 Å². The average Bonchev–Trinajstić information content (AvgIpc) is 3.18. The van der Waals surface area contributed by atoms with Crippen LogP contribution < -0.4 is 10.1 Å². The molecule has 2 aromatic rings. The van der Waals surface area contributed by atoms with Crippen molar-refractivity contribution in [3.63, 3.8) is 0 Å². The van der Waals surface area contributed by atoms with Crippen LogP contribution in [0.5, 0.6) is 5.75 Å². The molecule has 0 aliphatic heterocycles. The number of nitriles is 1. The highest BCUT2D eigenvalue weighted by atomic mass is 35.5. The fraction of sp³-hybridized carbons (Fsp3) is 0.391. The standard InChI is InChI=1S/C23H24Cl2N2O2/c1-15(2)14-29-18-6-8-21(16(11-18)13-26)27-22(28)23(9-3-4-10-23)19-7-5-17(24)12-20(19)25/h5-8,11-12,15H,3-4,9-10,14H2,1-2H3,(H,27,28). The predicted molar refractivity (Wildman–Crippen MR) is 117 cm³/mol. The number of hydrogen-bond acceptors (Lipinski definition) is 3. The number of nitrogens with one attached hydrogen (secondary N) is 1. The Morgan fingerprint density at radius 3 is 2.55 bits per heavy atom. The third kappa shape index (κ3) is 4.69. The van der Waals surface area contributed by atoms with Crippen LogP contribution in [-0.4, -0.2) is 12.5 Å². The summed E-state index contributed by atoms with van der Waals surface area (Å²) in [6.45, 7) is 4.68. The summed E-state index contributed by atoms with van der Waals surface area (Å²) in [6.07, 6.45) is 3.30. The van der Waals surface area contributed by atoms with E-state index in [2.05, 4.69) is 25.2 Å². The largest absolute Gasteiger partial charge is 0.493 e. The summed E-state index contributed by atoms with van der Waals surface area (Å²) in [7, 11) is 0. The van der Waals surface area contributed by atoms with Crippen LogP contribution in [0.4, 0.5) is 5.69 Å². The molecule has 1 N–H and O–H groups in total. The number of nitrogens with zero attached hydrogens (tertiary/aromatic N) is 1. The molecule has 1 saturated carbocycles. The molecule has 0 bridgehead atoms. The summed E-state index contributed by atoms with van der Waals surface area (Å²) < 4.78 is 5.69. The Balaban J connectivity index is 1.88. The number of carbonyl (C=O) groups excluding carboxylic acids is 1. The normalized spacial score (nSPS) is 15.2. The Morgan fingerprint density at radius 2 is 1.93 bits per heavy atom. The number of hydrogen-bond donors (Lipinski definition) is 1. The first-order valence-corrected chi connectivity index (χ1v) is 10.6. The van der Waals surface area contributed by atoms with E-state index in [1.807, 2.05) is 6.07 Å². The van der Waals surface area contributed by atoms with Gasteiger partial charge in [-0.3, -0.25) is 4.79 Å². The summed E-state index contributed by atoms with van der Waals surface area (Å²) >= 11 is 12.5. The van der Waals surface area contributed by atoms with Crippen LogP contribution in [0.15, 0.2) is 36.4 Å². The second-order valence-corrected chi connectivity index (χ2v) is 8.74. The molecule has 0 unspecified atom stereocenters. The molecular weight excluding hydrogens is 407 g/mol. The Bertz CT molecular complexity index is 944. The van der Waals surface area contributed by atoms with Crippen LogP contribution in [0.1, 0.15) is 50.7 Å². The molecule has 0 atom stereocenters. The Morgan fingerprint density at radius 1 is 1.21 bits per heavy atom. The monoisotopic (exact) mass is 430 g/mol. The van der Waals surface area contributed by atoms with Gasteiger partial charge in [0.05, 0.1) is 23.3 Å². The molecule has 3 rings (SSSR count). The van der Waals surface area contributed by atoms with Crippen LogP contribution in [0.3, 0.4) is 0 Å². The molecule has 0 heterocycles. The zero-order chi connectivity index (χ0) is 21.0. The van der Waals surface area contributed by atoms with Gasteiger partial charge in [0.1, 0.15) is 11.8 Å². The number of ether oxygens (including phenoxy) is 1. The van der Waals surface area contributed by atoms with Gasteiger partial charge >= 0.3 is 0 Å². The summed E-state index contributed by atoms with van der Waals surface area (Å²) in [5, 5.41) is 13.6. The molecule has 1 aliphatic rings. The lowest BCUT2D eigenvalue weighted by Crippen LogP contribution is -2.38. The van der Waals surface area contributed by atoms with Gasteiger partial charge in [-0.05, 0) is 54.7 Å². The number of rotatable bonds is 6. The number of halogens is 2. The van der Waals surface area contributed by atoms with Crippen molar-refractivity contribution in [2.24, 2.45) is 5.92 Å². The minimum absolute atomic E-state index is 0.147. The highest BCUT2D eigenvalue weighted by molar-refractivity contribution is 6.35. The molecule has 0 spiro atoms. The van der Waals surface area contributed by atoms with Crippen molar-refractivity contribution in [1.82, 2.24) is 0 Å². The lowest BCUT2D eigenvalue weighted by atomic mass is 9.77. The first-order chi connectivity index (χ1) is 13.9. The quantitative estimate of drug-likeness (QED) is 0.580. The number of amides is 1. The van der Waals surface area contributed by atoms with E-state index in [0.717, 1.165) is 18.4 Å². The average molecular weight is 431 g/mol. The summed E-state index contributed by atoms with van der Waals surface area (Å²) in [6, 6.07) is 12.6. The maximum atomic E-state index is 13.4. The van der Waals surface area contributed by atoms with Crippen molar-refractivity contribution in [3.8, 4) is 11.8 Å². The lowest BCUT2D eigenvalue weighted by molar-refractivity contribution is -0.121. The molecule has 152 valence electrons. The van der Waals surface area contributed by atoms with Crippen LogP contribution >= 0.6 is 23.2 Å². The minimum Gasteiger partial charge on any atom is -0.493 e. The van der Waals surface area contributed by atoms with Crippen molar-refractivity contribution < 1.29 is 9.53 Å². The third-order valence-corrected chi connectivity index (χ3v) is 5.83. The van der Waals surface area contributed by atoms with E-state index in [-0.39, 0.29) is 5.91 Å². The fourth-order valence-electron chi connectivity index (χ4n) is 3.79. The van der Waals surface area contributed by atoms with Crippen LogP contribution in [0.2, 0.25) is 10.0 Å². The molecule has 4 nitrogen and oxygen atoms in total. The molecule has 1 fully saturated rings. The van der Waals surface area contributed by atoms with Crippen molar-refractivity contribution in [1.29, 1.82) is 5.26 Å². The lowest BCUT2D eigenvalue weighted by Gasteiger charge is -2.29. The van der Waals surface area contributed by atoms with Gasteiger partial charge in [0.15, 0.2) is 0 Å². The molecular formula is C23H24Cl2N2O2. The zero-order valence-corrected chi connectivity index (χ0v) is 18.1. The highest BCUT2D eigenvalue weighted by Gasteiger charge is 2.44. The molecule has 1 amide bonds. The summed E-state index contributed by atoms with van der Waals surface area (Å²) in [5.74, 6) is 0.849. The van der Waals surface area contributed by atoms with Gasteiger partial charge in [0.25, 0.3) is 0 Å². The van der Waals surface area contributed by atoms with E-state index in [1.54, 1.807) is 30.3 Å². The zero-order valence-electron chi connectivity index (χ0n) is 16.6. The third-order valence-electron chi connectivity index (χ3n) is 5.28. The number of carbonyl (C=O) groups is 1. The van der Waals surface area contributed by atoms with Crippen LogP contribution in [0, 0.1) is 17.2 Å². The first-order valence-electron chi connectivity index (χ1n) is 9.79. The van der Waals surface area contributed by atoms with E-state index >= 15 is 0 Å². The van der Waals surface area contributed by atoms with Gasteiger partial charge in [0, 0.05) is 10.0 Å². The number of anilines is 1. The molecule has 0 saturated heterocycles. The van der Waals surface area contributed by atoms with E-state index in [0.29, 0.717) is 52.4 Å². The van der Waals surface area contributed by atoms with Gasteiger partial charge in [0.2, 0.25) is 5.91 Å². The second kappa shape index (κ2) is 9.07. The molecule has 6 heteroatoms.